The summed E-state index contributed by atoms with van der Waals surface area (Å²) in [5.41, 5.74) is -0.156. The Hall–Kier alpha value is -0.330. The second kappa shape index (κ2) is 5.81. The molecule has 1 aliphatic rings. The summed E-state index contributed by atoms with van der Waals surface area (Å²) >= 11 is 11.8. The Morgan fingerprint density at radius 1 is 1.35 bits per heavy atom. The molecule has 1 unspecified atom stereocenters. The molecule has 0 radical (unpaired) electrons. The van der Waals surface area contributed by atoms with Gasteiger partial charge in [0.05, 0.1) is 5.02 Å². The fourth-order valence-electron chi connectivity index (χ4n) is 2.32. The first-order chi connectivity index (χ1) is 9.22. The Balaban J connectivity index is 2.29. The fraction of sp³-hybridized carbons (Fsp3) is 0.538. The van der Waals surface area contributed by atoms with Crippen molar-refractivity contribution in [1.82, 2.24) is 10.0 Å². The Labute approximate surface area is 129 Å². The highest BCUT2D eigenvalue weighted by Gasteiger charge is 2.35. The van der Waals surface area contributed by atoms with Crippen molar-refractivity contribution in [3.05, 3.63) is 28.2 Å². The van der Waals surface area contributed by atoms with E-state index in [1.807, 2.05) is 13.8 Å². The second-order valence-corrected chi connectivity index (χ2v) is 8.23. The minimum absolute atomic E-state index is 0.0287. The van der Waals surface area contributed by atoms with Crippen LogP contribution in [0.5, 0.6) is 0 Å². The number of rotatable bonds is 3. The summed E-state index contributed by atoms with van der Waals surface area (Å²) in [5.74, 6) is 0. The predicted molar refractivity (Wildman–Crippen MR) is 81.8 cm³/mol. The number of halogens is 2. The molecule has 1 atom stereocenters. The van der Waals surface area contributed by atoms with Crippen molar-refractivity contribution in [2.45, 2.75) is 31.2 Å². The Bertz CT molecular complexity index is 602. The Morgan fingerprint density at radius 3 is 2.70 bits per heavy atom. The Morgan fingerprint density at radius 2 is 2.05 bits per heavy atom. The van der Waals surface area contributed by atoms with Crippen LogP contribution >= 0.6 is 23.2 Å². The highest BCUT2D eigenvalue weighted by Crippen LogP contribution is 2.29. The minimum atomic E-state index is -3.68. The van der Waals surface area contributed by atoms with E-state index in [9.17, 15) is 8.42 Å². The van der Waals surface area contributed by atoms with E-state index in [2.05, 4.69) is 10.0 Å². The van der Waals surface area contributed by atoms with Gasteiger partial charge in [0.15, 0.2) is 0 Å². The van der Waals surface area contributed by atoms with Gasteiger partial charge in [-0.3, -0.25) is 0 Å². The van der Waals surface area contributed by atoms with E-state index in [0.717, 1.165) is 19.5 Å². The molecule has 1 aromatic rings. The summed E-state index contributed by atoms with van der Waals surface area (Å²) in [6, 6.07) is 4.30. The molecular formula is C13H18Cl2N2O2S. The minimum Gasteiger partial charge on any atom is -0.316 e. The van der Waals surface area contributed by atoms with Crippen LogP contribution in [0.25, 0.3) is 0 Å². The van der Waals surface area contributed by atoms with E-state index < -0.39 is 10.0 Å². The summed E-state index contributed by atoms with van der Waals surface area (Å²) in [7, 11) is -3.68. The quantitative estimate of drug-likeness (QED) is 0.892. The molecule has 0 bridgehead atoms. The van der Waals surface area contributed by atoms with Crippen molar-refractivity contribution in [3.8, 4) is 0 Å². The average Bonchev–Trinajstić information content (AvgIpc) is 2.34. The van der Waals surface area contributed by atoms with Gasteiger partial charge in [-0.2, -0.15) is 0 Å². The van der Waals surface area contributed by atoms with Crippen molar-refractivity contribution >= 4 is 33.2 Å². The fourth-order valence-corrected chi connectivity index (χ4v) is 4.53. The summed E-state index contributed by atoms with van der Waals surface area (Å²) < 4.78 is 27.7. The van der Waals surface area contributed by atoms with Crippen LogP contribution in [-0.4, -0.2) is 27.5 Å². The van der Waals surface area contributed by atoms with Gasteiger partial charge in [-0.05, 0) is 36.6 Å². The maximum atomic E-state index is 12.5. The van der Waals surface area contributed by atoms with Gasteiger partial charge in [-0.1, -0.05) is 37.0 Å². The highest BCUT2D eigenvalue weighted by atomic mass is 35.5. The lowest BCUT2D eigenvalue weighted by Crippen LogP contribution is -2.54. The van der Waals surface area contributed by atoms with Crippen LogP contribution in [0.3, 0.4) is 0 Å². The zero-order valence-corrected chi connectivity index (χ0v) is 13.7. The molecule has 1 fully saturated rings. The first-order valence-electron chi connectivity index (χ1n) is 6.40. The molecule has 0 saturated carbocycles. The average molecular weight is 337 g/mol. The van der Waals surface area contributed by atoms with E-state index in [1.165, 1.54) is 12.1 Å². The third-order valence-corrected chi connectivity index (χ3v) is 5.80. The first kappa shape index (κ1) is 16.0. The molecular weight excluding hydrogens is 319 g/mol. The van der Waals surface area contributed by atoms with Crippen LogP contribution in [0.1, 0.15) is 20.3 Å². The molecule has 2 rings (SSSR count). The van der Waals surface area contributed by atoms with Gasteiger partial charge in [0.1, 0.15) is 4.90 Å². The van der Waals surface area contributed by atoms with Crippen molar-refractivity contribution in [3.63, 3.8) is 0 Å². The van der Waals surface area contributed by atoms with Gasteiger partial charge in [-0.15, -0.1) is 0 Å². The van der Waals surface area contributed by atoms with Gasteiger partial charge in [0, 0.05) is 17.6 Å². The monoisotopic (exact) mass is 336 g/mol. The number of hydrogen-bond donors (Lipinski definition) is 2. The van der Waals surface area contributed by atoms with Crippen LogP contribution in [0.2, 0.25) is 10.0 Å². The van der Waals surface area contributed by atoms with Crippen LogP contribution in [0.4, 0.5) is 0 Å². The molecule has 0 aromatic heterocycles. The van der Waals surface area contributed by atoms with Crippen LogP contribution in [0, 0.1) is 5.41 Å². The van der Waals surface area contributed by atoms with Crippen molar-refractivity contribution in [2.24, 2.45) is 5.41 Å². The zero-order valence-electron chi connectivity index (χ0n) is 11.4. The van der Waals surface area contributed by atoms with E-state index in [-0.39, 0.29) is 21.4 Å². The smallest absolute Gasteiger partial charge is 0.242 e. The molecule has 0 aliphatic carbocycles. The van der Waals surface area contributed by atoms with E-state index >= 15 is 0 Å². The largest absolute Gasteiger partial charge is 0.316 e. The first-order valence-corrected chi connectivity index (χ1v) is 8.64. The molecule has 1 aliphatic heterocycles. The summed E-state index contributed by atoms with van der Waals surface area (Å²) in [6.45, 7) is 5.63. The molecule has 1 heterocycles. The summed E-state index contributed by atoms with van der Waals surface area (Å²) in [6.07, 6.45) is 0.740. The predicted octanol–water partition coefficient (Wildman–Crippen LogP) is 2.66. The van der Waals surface area contributed by atoms with Gasteiger partial charge in [0.2, 0.25) is 10.0 Å². The Kier molecular flexibility index (Phi) is 4.66. The van der Waals surface area contributed by atoms with Crippen molar-refractivity contribution < 1.29 is 8.42 Å². The second-order valence-electron chi connectivity index (χ2n) is 5.70. The number of benzene rings is 1. The lowest BCUT2D eigenvalue weighted by molar-refractivity contribution is 0.206. The maximum absolute atomic E-state index is 12.5. The molecule has 2 N–H and O–H groups in total. The van der Waals surface area contributed by atoms with Gasteiger partial charge < -0.3 is 5.32 Å². The lowest BCUT2D eigenvalue weighted by Gasteiger charge is -2.39. The molecule has 0 amide bonds. The molecule has 7 heteroatoms. The van der Waals surface area contributed by atoms with Gasteiger partial charge >= 0.3 is 0 Å². The lowest BCUT2D eigenvalue weighted by atomic mass is 9.81. The maximum Gasteiger partial charge on any atom is 0.242 e. The molecule has 20 heavy (non-hydrogen) atoms. The van der Waals surface area contributed by atoms with Gasteiger partial charge in [-0.25, -0.2) is 13.1 Å². The number of piperidine rings is 1. The molecule has 0 spiro atoms. The summed E-state index contributed by atoms with van der Waals surface area (Å²) in [4.78, 5) is 0.0287. The van der Waals surface area contributed by atoms with Crippen molar-refractivity contribution in [2.75, 3.05) is 13.1 Å². The van der Waals surface area contributed by atoms with Gasteiger partial charge in [0.25, 0.3) is 0 Å². The van der Waals surface area contributed by atoms with E-state index in [1.54, 1.807) is 6.07 Å². The molecule has 1 aromatic carbocycles. The number of sulfonamides is 1. The molecule has 112 valence electrons. The standard InChI is InChI=1S/C13H18Cl2N2O2S/c1-13(2)8-16-6-5-12(13)17-20(18,19)11-7-9(14)3-4-10(11)15/h3-4,7,12,16-17H,5-6,8H2,1-2H3. The van der Waals surface area contributed by atoms with Crippen molar-refractivity contribution in [1.29, 1.82) is 0 Å². The van der Waals surface area contributed by atoms with E-state index in [4.69, 9.17) is 23.2 Å². The van der Waals surface area contributed by atoms with Crippen LogP contribution in [0.15, 0.2) is 23.1 Å². The van der Waals surface area contributed by atoms with Crippen LogP contribution in [-0.2, 0) is 10.0 Å². The molecule has 4 nitrogen and oxygen atoms in total. The zero-order chi connectivity index (χ0) is 15.0. The topological polar surface area (TPSA) is 58.2 Å². The summed E-state index contributed by atoms with van der Waals surface area (Å²) in [5, 5.41) is 3.79. The molecule has 1 saturated heterocycles. The highest BCUT2D eigenvalue weighted by molar-refractivity contribution is 7.89. The number of nitrogens with one attached hydrogen (secondary N) is 2. The SMILES string of the molecule is CC1(C)CNCCC1NS(=O)(=O)c1cc(Cl)ccc1Cl. The number of hydrogen-bond acceptors (Lipinski definition) is 3. The third kappa shape index (κ3) is 3.46. The third-order valence-electron chi connectivity index (χ3n) is 3.61. The normalized spacial score (nSPS) is 22.7. The van der Waals surface area contributed by atoms with Crippen LogP contribution < -0.4 is 10.0 Å². The van der Waals surface area contributed by atoms with E-state index in [0.29, 0.717) is 5.02 Å².